The van der Waals surface area contributed by atoms with Crippen LogP contribution in [0.1, 0.15) is 49.1 Å². The largest absolute Gasteiger partial charge is 0.349 e. The van der Waals surface area contributed by atoms with Crippen molar-refractivity contribution >= 4 is 29.1 Å². The molecule has 8 heteroatoms. The predicted molar refractivity (Wildman–Crippen MR) is 103 cm³/mol. The third-order valence-electron chi connectivity index (χ3n) is 4.50. The lowest BCUT2D eigenvalue weighted by Crippen LogP contribution is -2.27. The van der Waals surface area contributed by atoms with E-state index in [1.165, 1.54) is 0 Å². The van der Waals surface area contributed by atoms with Gasteiger partial charge in [-0.15, -0.1) is 5.10 Å². The van der Waals surface area contributed by atoms with E-state index in [-0.39, 0.29) is 17.6 Å². The summed E-state index contributed by atoms with van der Waals surface area (Å²) in [6.45, 7) is 6.66. The summed E-state index contributed by atoms with van der Waals surface area (Å²) in [5.74, 6) is 1.18. The fraction of sp³-hybridized carbons (Fsp3) is 0.500. The van der Waals surface area contributed by atoms with Crippen molar-refractivity contribution in [2.45, 2.75) is 32.6 Å². The molecule has 0 aliphatic carbocycles. The molecule has 1 aromatic carbocycles. The van der Waals surface area contributed by atoms with Crippen LogP contribution in [0, 0.1) is 5.92 Å². The van der Waals surface area contributed by atoms with Crippen molar-refractivity contribution in [2.75, 3.05) is 19.6 Å². The first-order valence-corrected chi connectivity index (χ1v) is 9.63. The lowest BCUT2D eigenvalue weighted by Gasteiger charge is -2.11. The highest BCUT2D eigenvalue weighted by molar-refractivity contribution is 6.37. The van der Waals surface area contributed by atoms with Gasteiger partial charge in [0.25, 0.3) is 5.91 Å². The van der Waals surface area contributed by atoms with E-state index in [9.17, 15) is 4.79 Å². The maximum Gasteiger partial charge on any atom is 0.290 e. The first kappa shape index (κ1) is 19.1. The number of carbonyl (C=O) groups excluding carboxylic acids is 1. The number of para-hydroxylation sites is 1. The molecule has 0 spiro atoms. The molecular formula is C18H23Cl2N5O. The second kappa shape index (κ2) is 8.37. The Bertz CT molecular complexity index is 764. The number of nitrogens with one attached hydrogen (secondary N) is 2. The van der Waals surface area contributed by atoms with Gasteiger partial charge in [0.15, 0.2) is 0 Å². The van der Waals surface area contributed by atoms with Crippen molar-refractivity contribution in [1.82, 2.24) is 25.4 Å². The van der Waals surface area contributed by atoms with Crippen LogP contribution >= 0.6 is 23.2 Å². The van der Waals surface area contributed by atoms with Gasteiger partial charge < -0.3 is 10.6 Å². The second-order valence-corrected chi connectivity index (χ2v) is 7.65. The summed E-state index contributed by atoms with van der Waals surface area (Å²) in [6, 6.07) is 5.25. The van der Waals surface area contributed by atoms with Gasteiger partial charge in [0.2, 0.25) is 5.82 Å². The average Bonchev–Trinajstić information content (AvgIpc) is 3.24. The molecule has 0 bridgehead atoms. The molecule has 0 radical (unpaired) electrons. The summed E-state index contributed by atoms with van der Waals surface area (Å²) in [4.78, 5) is 16.9. The molecule has 1 unspecified atom stereocenters. The minimum atomic E-state index is -0.278. The number of aromatic nitrogens is 3. The van der Waals surface area contributed by atoms with Gasteiger partial charge in [-0.25, -0.2) is 9.67 Å². The zero-order chi connectivity index (χ0) is 18.7. The monoisotopic (exact) mass is 395 g/mol. The van der Waals surface area contributed by atoms with Gasteiger partial charge in [0, 0.05) is 12.5 Å². The Morgan fingerprint density at radius 2 is 2.12 bits per heavy atom. The summed E-state index contributed by atoms with van der Waals surface area (Å²) < 4.78 is 1.57. The van der Waals surface area contributed by atoms with Gasteiger partial charge in [0.05, 0.1) is 10.0 Å². The highest BCUT2D eigenvalue weighted by Gasteiger charge is 2.22. The first-order chi connectivity index (χ1) is 12.5. The lowest BCUT2D eigenvalue weighted by atomic mass is 10.1. The van der Waals surface area contributed by atoms with Crippen molar-refractivity contribution in [1.29, 1.82) is 0 Å². The van der Waals surface area contributed by atoms with Crippen LogP contribution in [0.2, 0.25) is 10.0 Å². The number of nitrogens with zero attached hydrogens (tertiary/aromatic N) is 3. The van der Waals surface area contributed by atoms with E-state index in [1.54, 1.807) is 22.9 Å². The van der Waals surface area contributed by atoms with Crippen LogP contribution in [0.4, 0.5) is 0 Å². The average molecular weight is 396 g/mol. The van der Waals surface area contributed by atoms with Crippen LogP contribution in [-0.2, 0) is 0 Å². The van der Waals surface area contributed by atoms with Gasteiger partial charge in [-0.3, -0.25) is 4.79 Å². The third-order valence-corrected chi connectivity index (χ3v) is 5.11. The normalized spacial score (nSPS) is 17.0. The van der Waals surface area contributed by atoms with Gasteiger partial charge >= 0.3 is 0 Å². The minimum absolute atomic E-state index is 0.0564. The number of hydrogen-bond acceptors (Lipinski definition) is 4. The number of rotatable bonds is 6. The van der Waals surface area contributed by atoms with E-state index < -0.39 is 0 Å². The van der Waals surface area contributed by atoms with E-state index >= 15 is 0 Å². The van der Waals surface area contributed by atoms with E-state index in [0.29, 0.717) is 34.0 Å². The molecule has 2 heterocycles. The molecule has 1 fully saturated rings. The summed E-state index contributed by atoms with van der Waals surface area (Å²) in [7, 11) is 0. The van der Waals surface area contributed by atoms with Crippen LogP contribution in [0.15, 0.2) is 18.2 Å². The summed E-state index contributed by atoms with van der Waals surface area (Å²) in [5.41, 5.74) is 0.545. The Morgan fingerprint density at radius 3 is 2.73 bits per heavy atom. The van der Waals surface area contributed by atoms with E-state index in [2.05, 4.69) is 20.7 Å². The van der Waals surface area contributed by atoms with E-state index in [0.717, 1.165) is 25.9 Å². The Balaban J connectivity index is 1.79. The fourth-order valence-corrected chi connectivity index (χ4v) is 3.64. The highest BCUT2D eigenvalue weighted by Crippen LogP contribution is 2.30. The Morgan fingerprint density at radius 1 is 1.38 bits per heavy atom. The number of carbonyl (C=O) groups is 1. The molecule has 1 aliphatic heterocycles. The minimum Gasteiger partial charge on any atom is -0.349 e. The van der Waals surface area contributed by atoms with Gasteiger partial charge in [-0.1, -0.05) is 43.1 Å². The van der Waals surface area contributed by atoms with Crippen LogP contribution < -0.4 is 10.6 Å². The fourth-order valence-electron chi connectivity index (χ4n) is 3.08. The van der Waals surface area contributed by atoms with Crippen molar-refractivity contribution in [2.24, 2.45) is 5.92 Å². The quantitative estimate of drug-likeness (QED) is 0.785. The van der Waals surface area contributed by atoms with E-state index in [1.807, 2.05) is 13.8 Å². The molecular weight excluding hydrogens is 373 g/mol. The topological polar surface area (TPSA) is 71.8 Å². The maximum atomic E-state index is 12.5. The van der Waals surface area contributed by atoms with Crippen molar-refractivity contribution in [3.05, 3.63) is 39.9 Å². The summed E-state index contributed by atoms with van der Waals surface area (Å²) >= 11 is 12.6. The zero-order valence-corrected chi connectivity index (χ0v) is 16.4. The number of benzene rings is 1. The standard InChI is InChI=1S/C18H23Cl2N5O/c1-11(2)17-23-16(18(26)22-9-7-12-6-8-21-10-12)24-25(17)15-13(19)4-3-5-14(15)20/h3-5,11-12,21H,6-10H2,1-2H3,(H,22,26). The number of hydrogen-bond donors (Lipinski definition) is 2. The third kappa shape index (κ3) is 4.19. The molecule has 2 aromatic rings. The molecule has 1 aliphatic rings. The Kier molecular flexibility index (Phi) is 6.16. The Hall–Kier alpha value is -1.63. The number of amides is 1. The van der Waals surface area contributed by atoms with Crippen molar-refractivity contribution in [3.63, 3.8) is 0 Å². The predicted octanol–water partition coefficient (Wildman–Crippen LogP) is 3.43. The molecule has 2 N–H and O–H groups in total. The smallest absolute Gasteiger partial charge is 0.290 e. The Labute approximate surface area is 163 Å². The molecule has 1 atom stereocenters. The zero-order valence-electron chi connectivity index (χ0n) is 14.9. The molecule has 26 heavy (non-hydrogen) atoms. The summed E-state index contributed by atoms with van der Waals surface area (Å²) in [6.07, 6.45) is 2.11. The molecule has 6 nitrogen and oxygen atoms in total. The molecule has 0 saturated carbocycles. The van der Waals surface area contributed by atoms with Crippen molar-refractivity contribution < 1.29 is 4.79 Å². The SMILES string of the molecule is CC(C)c1nc(C(=O)NCCC2CCNC2)nn1-c1c(Cl)cccc1Cl. The van der Waals surface area contributed by atoms with Crippen molar-refractivity contribution in [3.8, 4) is 5.69 Å². The van der Waals surface area contributed by atoms with Crippen LogP contribution in [0.25, 0.3) is 5.69 Å². The summed E-state index contributed by atoms with van der Waals surface area (Å²) in [5, 5.41) is 11.6. The van der Waals surface area contributed by atoms with Crippen LogP contribution in [-0.4, -0.2) is 40.3 Å². The van der Waals surface area contributed by atoms with Gasteiger partial charge in [0.1, 0.15) is 11.5 Å². The molecule has 1 saturated heterocycles. The first-order valence-electron chi connectivity index (χ1n) is 8.87. The van der Waals surface area contributed by atoms with Crippen LogP contribution in [0.5, 0.6) is 0 Å². The molecule has 3 rings (SSSR count). The van der Waals surface area contributed by atoms with Crippen LogP contribution in [0.3, 0.4) is 0 Å². The maximum absolute atomic E-state index is 12.5. The lowest BCUT2D eigenvalue weighted by molar-refractivity contribution is 0.0941. The number of halogens is 2. The highest BCUT2D eigenvalue weighted by atomic mass is 35.5. The molecule has 1 amide bonds. The van der Waals surface area contributed by atoms with Gasteiger partial charge in [-0.2, -0.15) is 0 Å². The molecule has 140 valence electrons. The van der Waals surface area contributed by atoms with E-state index in [4.69, 9.17) is 23.2 Å². The second-order valence-electron chi connectivity index (χ2n) is 6.83. The van der Waals surface area contributed by atoms with Gasteiger partial charge in [-0.05, 0) is 44.0 Å². The molecule has 1 aromatic heterocycles.